The van der Waals surface area contributed by atoms with Crippen molar-refractivity contribution in [2.45, 2.75) is 24.6 Å². The number of alkyl halides is 1. The van der Waals surface area contributed by atoms with Gasteiger partial charge in [-0.15, -0.1) is 11.6 Å². The molecule has 0 saturated carbocycles. The first-order chi connectivity index (χ1) is 9.33. The summed E-state index contributed by atoms with van der Waals surface area (Å²) >= 11 is 6.50. The van der Waals surface area contributed by atoms with E-state index in [2.05, 4.69) is 11.0 Å². The molecule has 1 saturated heterocycles. The summed E-state index contributed by atoms with van der Waals surface area (Å²) in [6.45, 7) is 4.79. The normalized spacial score (nSPS) is 20.5. The summed E-state index contributed by atoms with van der Waals surface area (Å²) in [7, 11) is 0. The first-order valence-corrected chi connectivity index (χ1v) is 7.52. The molecule has 0 radical (unpaired) electrons. The van der Waals surface area contributed by atoms with Crippen LogP contribution in [0.25, 0.3) is 0 Å². The van der Waals surface area contributed by atoms with Gasteiger partial charge in [0.2, 0.25) is 0 Å². The number of halogens is 1. The fourth-order valence-electron chi connectivity index (χ4n) is 2.72. The number of nitrogens with zero attached hydrogens (tertiary/aromatic N) is 1. The Bertz CT molecular complexity index is 432. The summed E-state index contributed by atoms with van der Waals surface area (Å²) in [6, 6.07) is 6.04. The van der Waals surface area contributed by atoms with Crippen molar-refractivity contribution in [2.24, 2.45) is 0 Å². The Kier molecular flexibility index (Phi) is 4.14. The fourth-order valence-corrected chi connectivity index (χ4v) is 2.96. The van der Waals surface area contributed by atoms with Crippen LogP contribution in [0.3, 0.4) is 0 Å². The topological polar surface area (TPSA) is 21.7 Å². The molecule has 1 unspecified atom stereocenters. The third-order valence-corrected chi connectivity index (χ3v) is 4.30. The Morgan fingerprint density at radius 1 is 1.11 bits per heavy atom. The molecule has 1 fully saturated rings. The number of hydrogen-bond acceptors (Lipinski definition) is 3. The van der Waals surface area contributed by atoms with Gasteiger partial charge in [0.05, 0.1) is 5.38 Å². The fraction of sp³-hybridized carbons (Fsp3) is 0.600. The van der Waals surface area contributed by atoms with Crippen molar-refractivity contribution in [3.63, 3.8) is 0 Å². The molecule has 0 amide bonds. The van der Waals surface area contributed by atoms with Crippen LogP contribution >= 0.6 is 11.6 Å². The van der Waals surface area contributed by atoms with Gasteiger partial charge in [0, 0.05) is 0 Å². The average molecular weight is 282 g/mol. The van der Waals surface area contributed by atoms with Gasteiger partial charge < -0.3 is 14.4 Å². The molecule has 1 aromatic carbocycles. The molecule has 0 bridgehead atoms. The van der Waals surface area contributed by atoms with Crippen molar-refractivity contribution in [3.05, 3.63) is 23.8 Å². The molecule has 3 nitrogen and oxygen atoms in total. The van der Waals surface area contributed by atoms with E-state index in [4.69, 9.17) is 21.1 Å². The van der Waals surface area contributed by atoms with Gasteiger partial charge in [-0.05, 0) is 56.6 Å². The highest BCUT2D eigenvalue weighted by molar-refractivity contribution is 6.20. The maximum absolute atomic E-state index is 6.50. The molecular formula is C15H20ClNO2. The first kappa shape index (κ1) is 13.1. The zero-order chi connectivity index (χ0) is 13.1. The Hall–Kier alpha value is -0.930. The third-order valence-electron chi connectivity index (χ3n) is 3.83. The molecule has 4 heteroatoms. The van der Waals surface area contributed by atoms with E-state index in [-0.39, 0.29) is 5.38 Å². The second-order valence-corrected chi connectivity index (χ2v) is 5.73. The maximum Gasteiger partial charge on any atom is 0.161 e. The summed E-state index contributed by atoms with van der Waals surface area (Å²) in [5.74, 6) is 1.66. The van der Waals surface area contributed by atoms with E-state index in [0.717, 1.165) is 30.0 Å². The number of likely N-dealkylation sites (tertiary alicyclic amines) is 1. The van der Waals surface area contributed by atoms with Gasteiger partial charge in [-0.1, -0.05) is 6.07 Å². The van der Waals surface area contributed by atoms with E-state index in [0.29, 0.717) is 13.2 Å². The molecule has 0 spiro atoms. The maximum atomic E-state index is 6.50. The van der Waals surface area contributed by atoms with Gasteiger partial charge in [-0.25, -0.2) is 0 Å². The predicted molar refractivity (Wildman–Crippen MR) is 76.3 cm³/mol. The second-order valence-electron chi connectivity index (χ2n) is 5.21. The van der Waals surface area contributed by atoms with E-state index in [1.54, 1.807) is 0 Å². The lowest BCUT2D eigenvalue weighted by atomic mass is 10.1. The molecule has 104 valence electrons. The van der Waals surface area contributed by atoms with Crippen LogP contribution in [0.5, 0.6) is 11.5 Å². The van der Waals surface area contributed by atoms with Gasteiger partial charge in [0.1, 0.15) is 13.2 Å². The van der Waals surface area contributed by atoms with Crippen LogP contribution in [-0.4, -0.2) is 37.7 Å². The summed E-state index contributed by atoms with van der Waals surface area (Å²) in [5.41, 5.74) is 1.13. The smallest absolute Gasteiger partial charge is 0.161 e. The molecule has 3 rings (SSSR count). The highest BCUT2D eigenvalue weighted by Gasteiger charge is 2.17. The van der Waals surface area contributed by atoms with Crippen LogP contribution in [0, 0.1) is 0 Å². The van der Waals surface area contributed by atoms with E-state index < -0.39 is 0 Å². The van der Waals surface area contributed by atoms with Crippen LogP contribution in [-0.2, 0) is 0 Å². The SMILES string of the molecule is ClC(CCN1CCCC1)c1ccc2c(c1)OCCO2. The summed E-state index contributed by atoms with van der Waals surface area (Å²) in [5, 5.41) is 0.0522. The zero-order valence-electron chi connectivity index (χ0n) is 11.1. The number of fused-ring (bicyclic) bond motifs is 1. The molecule has 1 atom stereocenters. The Morgan fingerprint density at radius 2 is 1.84 bits per heavy atom. The number of hydrogen-bond donors (Lipinski definition) is 0. The summed E-state index contributed by atoms with van der Waals surface area (Å²) in [6.07, 6.45) is 3.65. The molecule has 1 aromatic rings. The number of benzene rings is 1. The molecule has 2 aliphatic rings. The van der Waals surface area contributed by atoms with Gasteiger partial charge >= 0.3 is 0 Å². The molecule has 0 aromatic heterocycles. The average Bonchev–Trinajstić information content (AvgIpc) is 2.97. The number of rotatable bonds is 4. The lowest BCUT2D eigenvalue weighted by molar-refractivity contribution is 0.171. The first-order valence-electron chi connectivity index (χ1n) is 7.09. The molecule has 0 N–H and O–H groups in total. The van der Waals surface area contributed by atoms with Crippen molar-refractivity contribution >= 4 is 11.6 Å². The summed E-state index contributed by atoms with van der Waals surface area (Å²) in [4.78, 5) is 2.49. The number of ether oxygens (including phenoxy) is 2. The quantitative estimate of drug-likeness (QED) is 0.791. The minimum absolute atomic E-state index is 0.0522. The van der Waals surface area contributed by atoms with E-state index >= 15 is 0 Å². The second kappa shape index (κ2) is 6.02. The highest BCUT2D eigenvalue weighted by atomic mass is 35.5. The van der Waals surface area contributed by atoms with Crippen molar-refractivity contribution in [3.8, 4) is 11.5 Å². The molecule has 19 heavy (non-hydrogen) atoms. The van der Waals surface area contributed by atoms with Gasteiger partial charge in [-0.3, -0.25) is 0 Å². The van der Waals surface area contributed by atoms with Crippen LogP contribution in [0.1, 0.15) is 30.2 Å². The molecule has 0 aliphatic carbocycles. The molecule has 2 aliphatic heterocycles. The molecule has 2 heterocycles. The Morgan fingerprint density at radius 3 is 2.63 bits per heavy atom. The minimum atomic E-state index is 0.0522. The highest BCUT2D eigenvalue weighted by Crippen LogP contribution is 2.35. The van der Waals surface area contributed by atoms with E-state index in [1.165, 1.54) is 25.9 Å². The minimum Gasteiger partial charge on any atom is -0.486 e. The van der Waals surface area contributed by atoms with Crippen LogP contribution in [0.4, 0.5) is 0 Å². The lowest BCUT2D eigenvalue weighted by Gasteiger charge is -2.21. The van der Waals surface area contributed by atoms with Crippen molar-refractivity contribution in [2.75, 3.05) is 32.8 Å². The lowest BCUT2D eigenvalue weighted by Crippen LogP contribution is -2.21. The molecular weight excluding hydrogens is 262 g/mol. The Balaban J connectivity index is 1.60. The van der Waals surface area contributed by atoms with Gasteiger partial charge in [0.15, 0.2) is 11.5 Å². The summed E-state index contributed by atoms with van der Waals surface area (Å²) < 4.78 is 11.1. The monoisotopic (exact) mass is 281 g/mol. The van der Waals surface area contributed by atoms with E-state index in [9.17, 15) is 0 Å². The van der Waals surface area contributed by atoms with Crippen LogP contribution in [0.15, 0.2) is 18.2 Å². The van der Waals surface area contributed by atoms with Crippen LogP contribution in [0.2, 0.25) is 0 Å². The third kappa shape index (κ3) is 3.15. The van der Waals surface area contributed by atoms with Crippen molar-refractivity contribution in [1.29, 1.82) is 0 Å². The van der Waals surface area contributed by atoms with Crippen LogP contribution < -0.4 is 9.47 Å². The van der Waals surface area contributed by atoms with Crippen molar-refractivity contribution in [1.82, 2.24) is 4.90 Å². The van der Waals surface area contributed by atoms with Gasteiger partial charge in [-0.2, -0.15) is 0 Å². The standard InChI is InChI=1S/C15H20ClNO2/c16-13(5-8-17-6-1-2-7-17)12-3-4-14-15(11-12)19-10-9-18-14/h3-4,11,13H,1-2,5-10H2. The Labute approximate surface area is 119 Å². The van der Waals surface area contributed by atoms with Crippen molar-refractivity contribution < 1.29 is 9.47 Å². The largest absolute Gasteiger partial charge is 0.486 e. The zero-order valence-corrected chi connectivity index (χ0v) is 11.9. The predicted octanol–water partition coefficient (Wildman–Crippen LogP) is 3.22. The van der Waals surface area contributed by atoms with E-state index in [1.807, 2.05) is 12.1 Å². The van der Waals surface area contributed by atoms with Gasteiger partial charge in [0.25, 0.3) is 0 Å².